The molecule has 0 radical (unpaired) electrons. The Balaban J connectivity index is 0.00000248. The van der Waals surface area contributed by atoms with Crippen molar-refractivity contribution in [3.63, 3.8) is 0 Å². The van der Waals surface area contributed by atoms with Gasteiger partial charge in [-0.3, -0.25) is 9.69 Å². The average molecular weight is 641 g/mol. The van der Waals surface area contributed by atoms with Crippen LogP contribution in [-0.4, -0.2) is 72.1 Å². The van der Waals surface area contributed by atoms with Crippen molar-refractivity contribution in [2.45, 2.75) is 67.2 Å². The molecule has 43 heavy (non-hydrogen) atoms. The number of halogens is 7. The summed E-state index contributed by atoms with van der Waals surface area (Å²) in [5, 5.41) is 20.4. The highest BCUT2D eigenvalue weighted by molar-refractivity contribution is 8.45. The number of likely N-dealkylation sites (tertiary alicyclic amines) is 1. The highest BCUT2D eigenvalue weighted by Gasteiger charge is 2.65. The minimum Gasteiger partial charge on any atom is -0.379 e. The average Bonchev–Trinajstić information content (AvgIpc) is 3.40. The molecule has 0 bridgehead atoms. The Hall–Kier alpha value is -3.49. The van der Waals surface area contributed by atoms with Crippen molar-refractivity contribution in [3.05, 3.63) is 48.3 Å². The smallest absolute Gasteiger partial charge is 0.310 e. The Morgan fingerprint density at radius 3 is 2.30 bits per heavy atom. The summed E-state index contributed by atoms with van der Waals surface area (Å²) in [4.78, 5) is 22.3. The molecule has 3 atom stereocenters. The number of ether oxygens (including phenoxy) is 1. The SMILES string of the molecule is C=O.COC1CC(C(=O)N(c2ccc(S(F)(F)(F)(F)F)cc2)C(CNC2CCC(F)(F)CC2)c2ccnnc2)N(C#N)C1. The van der Waals surface area contributed by atoms with Gasteiger partial charge >= 0.3 is 10.2 Å². The summed E-state index contributed by atoms with van der Waals surface area (Å²) >= 11 is 0. The zero-order chi connectivity index (χ0) is 32.1. The summed E-state index contributed by atoms with van der Waals surface area (Å²) in [7, 11) is -8.59. The van der Waals surface area contributed by atoms with E-state index in [1.807, 2.05) is 13.0 Å². The number of rotatable bonds is 9. The van der Waals surface area contributed by atoms with E-state index in [-0.39, 0.29) is 69.1 Å². The van der Waals surface area contributed by atoms with E-state index < -0.39 is 45.1 Å². The summed E-state index contributed by atoms with van der Waals surface area (Å²) < 4.78 is 100.0. The maximum Gasteiger partial charge on any atom is 0.310 e. The molecule has 2 aromatic rings. The van der Waals surface area contributed by atoms with Crippen LogP contribution in [0.2, 0.25) is 0 Å². The molecule has 4 rings (SSSR count). The minimum atomic E-state index is -10.00. The number of carbonyl (C=O) groups is 2. The molecule has 3 unspecified atom stereocenters. The van der Waals surface area contributed by atoms with Crippen molar-refractivity contribution in [2.24, 2.45) is 0 Å². The van der Waals surface area contributed by atoms with E-state index in [1.54, 1.807) is 0 Å². The maximum atomic E-state index is 14.1. The molecule has 2 aliphatic rings. The molecule has 1 aromatic heterocycles. The number of methoxy groups -OCH3 is 1. The van der Waals surface area contributed by atoms with E-state index in [9.17, 15) is 38.3 Å². The van der Waals surface area contributed by atoms with E-state index >= 15 is 0 Å². The van der Waals surface area contributed by atoms with Crippen molar-refractivity contribution < 1.29 is 42.5 Å². The van der Waals surface area contributed by atoms with Crippen LogP contribution in [0.5, 0.6) is 0 Å². The summed E-state index contributed by atoms with van der Waals surface area (Å²) in [6, 6.07) is 1.11. The Morgan fingerprint density at radius 1 is 1.16 bits per heavy atom. The molecular formula is C26H31F7N6O3S. The second-order valence-corrected chi connectivity index (χ2v) is 12.7. The molecule has 17 heteroatoms. The number of nitriles is 1. The van der Waals surface area contributed by atoms with Gasteiger partial charge in [0.05, 0.1) is 24.9 Å². The molecule has 1 aliphatic carbocycles. The first-order chi connectivity index (χ1) is 20.0. The maximum absolute atomic E-state index is 14.1. The van der Waals surface area contributed by atoms with Crippen LogP contribution in [0.4, 0.5) is 33.9 Å². The first-order valence-corrected chi connectivity index (χ1v) is 15.0. The summed E-state index contributed by atoms with van der Waals surface area (Å²) in [6.07, 6.45) is 3.85. The van der Waals surface area contributed by atoms with E-state index in [2.05, 4.69) is 15.5 Å². The predicted molar refractivity (Wildman–Crippen MR) is 144 cm³/mol. The molecule has 1 aromatic carbocycles. The predicted octanol–water partition coefficient (Wildman–Crippen LogP) is 5.76. The molecule has 1 N–H and O–H groups in total. The third-order valence-corrected chi connectivity index (χ3v) is 8.59. The van der Waals surface area contributed by atoms with Crippen LogP contribution >= 0.6 is 10.2 Å². The van der Waals surface area contributed by atoms with Crippen molar-refractivity contribution >= 4 is 28.6 Å². The molecule has 2 fully saturated rings. The number of amides is 1. The standard InChI is InChI=1S/C25H29F7N6O2S.CH2O/c1-40-20-12-22(37(15-20)16-33)24(39)38(19-2-4-21(5-3-19)41(28,29,30,31)32)23(17-8-11-35-36-13-17)14-34-18-6-9-25(26,27)10-7-18;1-2/h2-5,8,11,13,18,20,22-23,34H,6-7,9-10,12,14-15H2,1H3;1H2. The van der Waals surface area contributed by atoms with Gasteiger partial charge in [0.1, 0.15) is 17.7 Å². The third kappa shape index (κ3) is 8.54. The number of benzene rings is 1. The Kier molecular flexibility index (Phi) is 9.69. The summed E-state index contributed by atoms with van der Waals surface area (Å²) in [6.45, 7) is 2.06. The fourth-order valence-electron chi connectivity index (χ4n) is 5.18. The first kappa shape index (κ1) is 34.0. The number of hydrogen-bond acceptors (Lipinski definition) is 8. The van der Waals surface area contributed by atoms with Crippen LogP contribution in [0.1, 0.15) is 43.7 Å². The molecule has 1 aliphatic heterocycles. The van der Waals surface area contributed by atoms with Gasteiger partial charge in [0.15, 0.2) is 6.19 Å². The van der Waals surface area contributed by atoms with Gasteiger partial charge in [-0.1, -0.05) is 19.4 Å². The van der Waals surface area contributed by atoms with Crippen LogP contribution in [0.15, 0.2) is 47.6 Å². The normalized spacial score (nSPS) is 22.7. The molecule has 1 saturated heterocycles. The van der Waals surface area contributed by atoms with Crippen molar-refractivity contribution in [2.75, 3.05) is 25.1 Å². The molecular weight excluding hydrogens is 609 g/mol. The van der Waals surface area contributed by atoms with Crippen LogP contribution in [0.3, 0.4) is 0 Å². The fourth-order valence-corrected chi connectivity index (χ4v) is 5.83. The number of carbonyl (C=O) groups excluding carboxylic acids is 2. The summed E-state index contributed by atoms with van der Waals surface area (Å²) in [5.74, 6) is -3.47. The molecule has 0 spiro atoms. The molecule has 1 saturated carbocycles. The number of nitrogens with one attached hydrogen (secondary N) is 1. The van der Waals surface area contributed by atoms with Gasteiger partial charge in [-0.2, -0.15) is 15.5 Å². The van der Waals surface area contributed by atoms with E-state index in [0.717, 1.165) is 17.0 Å². The number of alkyl halides is 2. The van der Waals surface area contributed by atoms with Gasteiger partial charge in [0, 0.05) is 50.8 Å². The lowest BCUT2D eigenvalue weighted by molar-refractivity contribution is -0.122. The number of aromatic nitrogens is 2. The fraction of sp³-hybridized carbons (Fsp3) is 0.500. The second kappa shape index (κ2) is 12.2. The van der Waals surface area contributed by atoms with Gasteiger partial charge in [-0.05, 0) is 48.7 Å². The number of hydrogen-bond donors (Lipinski definition) is 1. The van der Waals surface area contributed by atoms with Crippen LogP contribution in [0, 0.1) is 11.5 Å². The minimum absolute atomic E-state index is 0.0377. The molecule has 9 nitrogen and oxygen atoms in total. The van der Waals surface area contributed by atoms with E-state index in [4.69, 9.17) is 9.53 Å². The molecule has 2 heterocycles. The van der Waals surface area contributed by atoms with Gasteiger partial charge in [-0.25, -0.2) is 8.78 Å². The topological polar surface area (TPSA) is 111 Å². The van der Waals surface area contributed by atoms with Crippen molar-refractivity contribution in [1.82, 2.24) is 20.4 Å². The van der Waals surface area contributed by atoms with Gasteiger partial charge in [0.2, 0.25) is 5.92 Å². The number of anilines is 1. The Morgan fingerprint density at radius 2 is 1.79 bits per heavy atom. The molecule has 238 valence electrons. The monoisotopic (exact) mass is 640 g/mol. The lowest BCUT2D eigenvalue weighted by Gasteiger charge is -2.41. The largest absolute Gasteiger partial charge is 0.379 e. The first-order valence-electron chi connectivity index (χ1n) is 13.0. The zero-order valence-electron chi connectivity index (χ0n) is 23.0. The molecule has 1 amide bonds. The highest BCUT2D eigenvalue weighted by Crippen LogP contribution is 3.02. The zero-order valence-corrected chi connectivity index (χ0v) is 23.8. The lowest BCUT2D eigenvalue weighted by atomic mass is 9.92. The van der Waals surface area contributed by atoms with Gasteiger partial charge < -0.3 is 19.7 Å². The quantitative estimate of drug-likeness (QED) is 0.272. The van der Waals surface area contributed by atoms with Crippen LogP contribution < -0.4 is 10.2 Å². The van der Waals surface area contributed by atoms with E-state index in [1.165, 1.54) is 30.5 Å². The Bertz CT molecular complexity index is 1290. The third-order valence-electron chi connectivity index (χ3n) is 7.43. The van der Waals surface area contributed by atoms with Crippen molar-refractivity contribution in [3.8, 4) is 6.19 Å². The highest BCUT2D eigenvalue weighted by atomic mass is 32.5. The van der Waals surface area contributed by atoms with Crippen molar-refractivity contribution in [1.29, 1.82) is 5.26 Å². The van der Waals surface area contributed by atoms with Gasteiger partial charge in [0.25, 0.3) is 5.91 Å². The van der Waals surface area contributed by atoms with Crippen LogP contribution in [-0.2, 0) is 14.3 Å². The van der Waals surface area contributed by atoms with Crippen LogP contribution in [0.25, 0.3) is 0 Å². The van der Waals surface area contributed by atoms with E-state index in [0.29, 0.717) is 5.56 Å². The Labute approximate surface area is 243 Å². The number of nitrogens with zero attached hydrogens (tertiary/aromatic N) is 5. The second-order valence-electron chi connectivity index (χ2n) is 10.3. The van der Waals surface area contributed by atoms with Gasteiger partial charge in [-0.15, -0.1) is 0 Å². The lowest BCUT2D eigenvalue weighted by Crippen LogP contribution is -2.49. The summed E-state index contributed by atoms with van der Waals surface area (Å²) in [5.41, 5.74) is 0.252.